The number of methoxy groups -OCH3 is 1. The molecule has 0 aliphatic carbocycles. The van der Waals surface area contributed by atoms with Gasteiger partial charge in [0, 0.05) is 19.7 Å². The van der Waals surface area contributed by atoms with Crippen molar-refractivity contribution in [3.63, 3.8) is 0 Å². The van der Waals surface area contributed by atoms with Crippen LogP contribution in [0.2, 0.25) is 0 Å². The van der Waals surface area contributed by atoms with E-state index in [-0.39, 0.29) is 5.91 Å². The van der Waals surface area contributed by atoms with Crippen molar-refractivity contribution < 1.29 is 9.53 Å². The number of likely N-dealkylation sites (tertiary alicyclic amines) is 1. The summed E-state index contributed by atoms with van der Waals surface area (Å²) in [5.41, 5.74) is 5.48. The van der Waals surface area contributed by atoms with Crippen LogP contribution in [0.1, 0.15) is 32.1 Å². The Hall–Kier alpha value is -0.610. The number of carbonyl (C=O) groups excluding carboxylic acids is 1. The zero-order valence-corrected chi connectivity index (χ0v) is 9.58. The van der Waals surface area contributed by atoms with Crippen molar-refractivity contribution in [3.05, 3.63) is 0 Å². The van der Waals surface area contributed by atoms with Crippen LogP contribution in [0.3, 0.4) is 0 Å². The van der Waals surface area contributed by atoms with Crippen LogP contribution in [0.4, 0.5) is 0 Å². The molecule has 4 heteroatoms. The maximum Gasteiger partial charge on any atom is 0.225 e. The molecule has 0 aromatic rings. The summed E-state index contributed by atoms with van der Waals surface area (Å²) >= 11 is 0. The Morgan fingerprint density at radius 1 is 1.60 bits per heavy atom. The minimum atomic E-state index is 0.233. The molecule has 0 bridgehead atoms. The number of nitrogens with zero attached hydrogens (tertiary/aromatic N) is 1. The van der Waals surface area contributed by atoms with E-state index in [1.807, 2.05) is 4.90 Å². The summed E-state index contributed by atoms with van der Waals surface area (Å²) in [4.78, 5) is 13.8. The molecule has 0 aromatic carbocycles. The summed E-state index contributed by atoms with van der Waals surface area (Å²) in [5.74, 6) is 0.233. The summed E-state index contributed by atoms with van der Waals surface area (Å²) in [7, 11) is 1.63. The molecule has 1 amide bonds. The van der Waals surface area contributed by atoms with E-state index in [4.69, 9.17) is 10.5 Å². The van der Waals surface area contributed by atoms with Gasteiger partial charge in [0.25, 0.3) is 0 Å². The topological polar surface area (TPSA) is 55.6 Å². The highest BCUT2D eigenvalue weighted by molar-refractivity contribution is 5.76. The molecule has 2 N–H and O–H groups in total. The summed E-state index contributed by atoms with van der Waals surface area (Å²) in [6.45, 7) is 2.16. The quantitative estimate of drug-likeness (QED) is 0.710. The van der Waals surface area contributed by atoms with Crippen LogP contribution >= 0.6 is 0 Å². The van der Waals surface area contributed by atoms with Gasteiger partial charge in [0.15, 0.2) is 0 Å². The standard InChI is InChI=1S/C11H22N2O2/c1-15-9-6-11(14)13-8-3-5-10(13)4-2-7-12/h10H,2-9,12H2,1H3. The number of rotatable bonds is 6. The van der Waals surface area contributed by atoms with Crippen molar-refractivity contribution in [2.45, 2.75) is 38.1 Å². The van der Waals surface area contributed by atoms with Crippen molar-refractivity contribution in [3.8, 4) is 0 Å². The first-order chi connectivity index (χ1) is 7.29. The minimum absolute atomic E-state index is 0.233. The normalized spacial score (nSPS) is 20.9. The van der Waals surface area contributed by atoms with Crippen molar-refractivity contribution in [2.75, 3.05) is 26.8 Å². The highest BCUT2D eigenvalue weighted by Gasteiger charge is 2.27. The molecule has 1 atom stereocenters. The first-order valence-electron chi connectivity index (χ1n) is 5.78. The largest absolute Gasteiger partial charge is 0.384 e. The van der Waals surface area contributed by atoms with E-state index >= 15 is 0 Å². The lowest BCUT2D eigenvalue weighted by atomic mass is 10.1. The Kier molecular flexibility index (Phi) is 5.65. The fourth-order valence-corrected chi connectivity index (χ4v) is 2.15. The number of nitrogens with two attached hydrogens (primary N) is 1. The third-order valence-electron chi connectivity index (χ3n) is 2.96. The lowest BCUT2D eigenvalue weighted by Gasteiger charge is -2.24. The molecule has 1 aliphatic heterocycles. The average Bonchev–Trinajstić information content (AvgIpc) is 2.71. The number of hydrogen-bond donors (Lipinski definition) is 1. The zero-order chi connectivity index (χ0) is 11.1. The second-order valence-electron chi connectivity index (χ2n) is 4.06. The van der Waals surface area contributed by atoms with Gasteiger partial charge < -0.3 is 15.4 Å². The fourth-order valence-electron chi connectivity index (χ4n) is 2.15. The lowest BCUT2D eigenvalue weighted by molar-refractivity contribution is -0.133. The van der Waals surface area contributed by atoms with Gasteiger partial charge in [-0.15, -0.1) is 0 Å². The molecule has 4 nitrogen and oxygen atoms in total. The van der Waals surface area contributed by atoms with E-state index in [9.17, 15) is 4.79 Å². The van der Waals surface area contributed by atoms with Gasteiger partial charge in [-0.05, 0) is 32.2 Å². The Balaban J connectivity index is 2.34. The molecular formula is C11H22N2O2. The third kappa shape index (κ3) is 3.80. The van der Waals surface area contributed by atoms with Crippen molar-refractivity contribution in [2.24, 2.45) is 5.73 Å². The van der Waals surface area contributed by atoms with Crippen LogP contribution in [0, 0.1) is 0 Å². The molecule has 0 aromatic heterocycles. The first-order valence-corrected chi connectivity index (χ1v) is 5.78. The number of carbonyl (C=O) groups is 1. The van der Waals surface area contributed by atoms with Crippen molar-refractivity contribution >= 4 is 5.91 Å². The Morgan fingerprint density at radius 2 is 2.40 bits per heavy atom. The van der Waals surface area contributed by atoms with Crippen LogP contribution in [-0.4, -0.2) is 43.7 Å². The molecule has 0 spiro atoms. The Labute approximate surface area is 91.8 Å². The molecule has 0 saturated carbocycles. The van der Waals surface area contributed by atoms with Gasteiger partial charge in [0.1, 0.15) is 0 Å². The number of ether oxygens (including phenoxy) is 1. The summed E-state index contributed by atoms with van der Waals surface area (Å²) < 4.78 is 4.92. The molecule has 1 rings (SSSR count). The maximum absolute atomic E-state index is 11.8. The predicted molar refractivity (Wildman–Crippen MR) is 59.5 cm³/mol. The summed E-state index contributed by atoms with van der Waals surface area (Å²) in [5, 5.41) is 0. The fraction of sp³-hybridized carbons (Fsp3) is 0.909. The minimum Gasteiger partial charge on any atom is -0.384 e. The SMILES string of the molecule is COCCC(=O)N1CCCC1CCCN. The molecule has 1 fully saturated rings. The highest BCUT2D eigenvalue weighted by Crippen LogP contribution is 2.21. The van der Waals surface area contributed by atoms with Crippen molar-refractivity contribution in [1.82, 2.24) is 4.90 Å². The average molecular weight is 214 g/mol. The summed E-state index contributed by atoms with van der Waals surface area (Å²) in [6, 6.07) is 0.429. The van der Waals surface area contributed by atoms with E-state index in [1.54, 1.807) is 7.11 Å². The van der Waals surface area contributed by atoms with Crippen molar-refractivity contribution in [1.29, 1.82) is 0 Å². The van der Waals surface area contributed by atoms with E-state index in [0.717, 1.165) is 38.8 Å². The molecule has 88 valence electrons. The zero-order valence-electron chi connectivity index (χ0n) is 9.58. The maximum atomic E-state index is 11.8. The molecule has 0 radical (unpaired) electrons. The first kappa shape index (κ1) is 12.5. The third-order valence-corrected chi connectivity index (χ3v) is 2.96. The molecule has 1 unspecified atom stereocenters. The summed E-state index contributed by atoms with van der Waals surface area (Å²) in [6.07, 6.45) is 4.84. The van der Waals surface area contributed by atoms with Gasteiger partial charge >= 0.3 is 0 Å². The van der Waals surface area contributed by atoms with Gasteiger partial charge in [-0.3, -0.25) is 4.79 Å². The van der Waals surface area contributed by atoms with Crippen LogP contribution in [-0.2, 0) is 9.53 Å². The second kappa shape index (κ2) is 6.80. The molecular weight excluding hydrogens is 192 g/mol. The number of amides is 1. The smallest absolute Gasteiger partial charge is 0.225 e. The molecule has 1 heterocycles. The van der Waals surface area contributed by atoms with E-state index < -0.39 is 0 Å². The van der Waals surface area contributed by atoms with Crippen LogP contribution in [0.5, 0.6) is 0 Å². The Bertz CT molecular complexity index is 197. The van der Waals surface area contributed by atoms with E-state index in [1.165, 1.54) is 0 Å². The van der Waals surface area contributed by atoms with Crippen LogP contribution < -0.4 is 5.73 Å². The molecule has 1 aliphatic rings. The van der Waals surface area contributed by atoms with Gasteiger partial charge in [0.2, 0.25) is 5.91 Å². The van der Waals surface area contributed by atoms with Gasteiger partial charge in [-0.25, -0.2) is 0 Å². The van der Waals surface area contributed by atoms with E-state index in [2.05, 4.69) is 0 Å². The highest BCUT2D eigenvalue weighted by atomic mass is 16.5. The second-order valence-corrected chi connectivity index (χ2v) is 4.06. The lowest BCUT2D eigenvalue weighted by Crippen LogP contribution is -2.36. The predicted octanol–water partition coefficient (Wildman–Crippen LogP) is 0.753. The molecule has 1 saturated heterocycles. The van der Waals surface area contributed by atoms with Gasteiger partial charge in [-0.1, -0.05) is 0 Å². The van der Waals surface area contributed by atoms with Gasteiger partial charge in [-0.2, -0.15) is 0 Å². The Morgan fingerprint density at radius 3 is 3.07 bits per heavy atom. The van der Waals surface area contributed by atoms with Crippen LogP contribution in [0.25, 0.3) is 0 Å². The molecule has 15 heavy (non-hydrogen) atoms. The van der Waals surface area contributed by atoms with E-state index in [0.29, 0.717) is 19.1 Å². The number of hydrogen-bond acceptors (Lipinski definition) is 3. The monoisotopic (exact) mass is 214 g/mol. The van der Waals surface area contributed by atoms with Crippen LogP contribution in [0.15, 0.2) is 0 Å². The van der Waals surface area contributed by atoms with Gasteiger partial charge in [0.05, 0.1) is 13.0 Å².